The average Bonchev–Trinajstić information content (AvgIpc) is 2.91. The highest BCUT2D eigenvalue weighted by Gasteiger charge is 2.42. The van der Waals surface area contributed by atoms with Crippen LogP contribution in [0.5, 0.6) is 0 Å². The van der Waals surface area contributed by atoms with Gasteiger partial charge in [-0.15, -0.1) is 11.3 Å². The van der Waals surface area contributed by atoms with Crippen molar-refractivity contribution in [3.05, 3.63) is 20.8 Å². The van der Waals surface area contributed by atoms with Crippen molar-refractivity contribution in [1.29, 1.82) is 5.26 Å². The summed E-state index contributed by atoms with van der Waals surface area (Å²) in [4.78, 5) is 1.39. The number of halogens is 1. The lowest BCUT2D eigenvalue weighted by Gasteiger charge is -2.06. The number of nitrogens with zero attached hydrogens (tertiary/aromatic N) is 1. The van der Waals surface area contributed by atoms with Crippen molar-refractivity contribution in [2.75, 3.05) is 13.1 Å². The van der Waals surface area contributed by atoms with Crippen molar-refractivity contribution in [1.82, 2.24) is 5.32 Å². The molecule has 2 rings (SSSR count). The Hall–Kier alpha value is -0.370. The van der Waals surface area contributed by atoms with Gasteiger partial charge < -0.3 is 5.32 Å². The average molecular weight is 285 g/mol. The van der Waals surface area contributed by atoms with Crippen LogP contribution in [0.15, 0.2) is 15.9 Å². The van der Waals surface area contributed by atoms with E-state index >= 15 is 0 Å². The number of thiophene rings is 1. The molecule has 1 aromatic heterocycles. The number of nitriles is 1. The monoisotopic (exact) mass is 284 g/mol. The minimum atomic E-state index is -0.0178. The molecule has 80 valence electrons. The second-order valence-corrected chi connectivity index (χ2v) is 5.96. The maximum atomic E-state index is 8.88. The summed E-state index contributed by atoms with van der Waals surface area (Å²) in [5.74, 6) is 0. The van der Waals surface area contributed by atoms with Crippen LogP contribution in [-0.4, -0.2) is 13.1 Å². The second-order valence-electron chi connectivity index (χ2n) is 4.05. The van der Waals surface area contributed by atoms with E-state index in [0.29, 0.717) is 0 Å². The van der Waals surface area contributed by atoms with Gasteiger partial charge >= 0.3 is 0 Å². The Balaban J connectivity index is 1.66. The molecule has 1 N–H and O–H groups in total. The van der Waals surface area contributed by atoms with Crippen molar-refractivity contribution in [3.8, 4) is 6.07 Å². The number of rotatable bonds is 5. The SMILES string of the molecule is N#CC1(CNCCc2cc(Br)cs2)CC1. The van der Waals surface area contributed by atoms with Crippen molar-refractivity contribution in [2.24, 2.45) is 5.41 Å². The van der Waals surface area contributed by atoms with Crippen LogP contribution in [0.4, 0.5) is 0 Å². The second kappa shape index (κ2) is 4.65. The molecule has 0 unspecified atom stereocenters. The van der Waals surface area contributed by atoms with Gasteiger partial charge in [-0.2, -0.15) is 5.26 Å². The van der Waals surface area contributed by atoms with Crippen molar-refractivity contribution >= 4 is 27.3 Å². The topological polar surface area (TPSA) is 35.8 Å². The van der Waals surface area contributed by atoms with Gasteiger partial charge in [0.25, 0.3) is 0 Å². The Kier molecular flexibility index (Phi) is 3.45. The van der Waals surface area contributed by atoms with Crippen LogP contribution in [0, 0.1) is 16.7 Å². The molecule has 0 bridgehead atoms. The molecular weight excluding hydrogens is 272 g/mol. The lowest BCUT2D eigenvalue weighted by atomic mass is 10.1. The third-order valence-electron chi connectivity index (χ3n) is 2.72. The van der Waals surface area contributed by atoms with Gasteiger partial charge in [0.2, 0.25) is 0 Å². The summed E-state index contributed by atoms with van der Waals surface area (Å²) in [5.41, 5.74) is -0.0178. The maximum Gasteiger partial charge on any atom is 0.0703 e. The molecule has 0 saturated heterocycles. The predicted octanol–water partition coefficient (Wildman–Crippen LogP) is 2.95. The van der Waals surface area contributed by atoms with Crippen LogP contribution in [0.2, 0.25) is 0 Å². The van der Waals surface area contributed by atoms with Crippen LogP contribution in [0.3, 0.4) is 0 Å². The zero-order valence-electron chi connectivity index (χ0n) is 8.42. The van der Waals surface area contributed by atoms with Gasteiger partial charge in [-0.05, 0) is 41.3 Å². The van der Waals surface area contributed by atoms with E-state index < -0.39 is 0 Å². The highest BCUT2D eigenvalue weighted by molar-refractivity contribution is 9.10. The van der Waals surface area contributed by atoms with Gasteiger partial charge in [0.15, 0.2) is 0 Å². The molecule has 0 aromatic carbocycles. The van der Waals surface area contributed by atoms with Gasteiger partial charge in [0.1, 0.15) is 0 Å². The summed E-state index contributed by atoms with van der Waals surface area (Å²) in [6.45, 7) is 1.83. The fraction of sp³-hybridized carbons (Fsp3) is 0.545. The molecule has 15 heavy (non-hydrogen) atoms. The van der Waals surface area contributed by atoms with E-state index in [1.54, 1.807) is 11.3 Å². The third-order valence-corrected chi connectivity index (χ3v) is 4.48. The van der Waals surface area contributed by atoms with Crippen molar-refractivity contribution in [2.45, 2.75) is 19.3 Å². The standard InChI is InChI=1S/C11H13BrN2S/c12-9-5-10(15-6-9)1-4-14-8-11(7-13)2-3-11/h5-6,14H,1-4,8H2. The quantitative estimate of drug-likeness (QED) is 0.844. The Morgan fingerprint density at radius 3 is 2.93 bits per heavy atom. The van der Waals surface area contributed by atoms with Crippen LogP contribution in [0.1, 0.15) is 17.7 Å². The fourth-order valence-electron chi connectivity index (χ4n) is 1.50. The van der Waals surface area contributed by atoms with E-state index in [0.717, 1.165) is 36.8 Å². The first-order valence-electron chi connectivity index (χ1n) is 5.09. The summed E-state index contributed by atoms with van der Waals surface area (Å²) in [7, 11) is 0. The fourth-order valence-corrected chi connectivity index (χ4v) is 2.96. The van der Waals surface area contributed by atoms with E-state index in [1.807, 2.05) is 0 Å². The van der Waals surface area contributed by atoms with E-state index in [1.165, 1.54) is 4.88 Å². The zero-order valence-corrected chi connectivity index (χ0v) is 10.8. The minimum absolute atomic E-state index is 0.0178. The first kappa shape index (κ1) is 11.1. The molecule has 4 heteroatoms. The minimum Gasteiger partial charge on any atom is -0.315 e. The van der Waals surface area contributed by atoms with Gasteiger partial charge in [0.05, 0.1) is 11.5 Å². The van der Waals surface area contributed by atoms with Gasteiger partial charge in [-0.25, -0.2) is 0 Å². The predicted molar refractivity (Wildman–Crippen MR) is 65.9 cm³/mol. The lowest BCUT2D eigenvalue weighted by molar-refractivity contribution is 0.561. The number of nitrogens with one attached hydrogen (secondary N) is 1. The van der Waals surface area contributed by atoms with Crippen molar-refractivity contribution < 1.29 is 0 Å². The highest BCUT2D eigenvalue weighted by Crippen LogP contribution is 2.43. The van der Waals surface area contributed by atoms with Crippen LogP contribution >= 0.6 is 27.3 Å². The molecule has 1 aliphatic rings. The van der Waals surface area contributed by atoms with Gasteiger partial charge in [0, 0.05) is 27.8 Å². The van der Waals surface area contributed by atoms with Gasteiger partial charge in [-0.3, -0.25) is 0 Å². The van der Waals surface area contributed by atoms with Crippen LogP contribution in [-0.2, 0) is 6.42 Å². The van der Waals surface area contributed by atoms with Crippen LogP contribution in [0.25, 0.3) is 0 Å². The normalized spacial score (nSPS) is 17.3. The first-order chi connectivity index (χ1) is 7.24. The lowest BCUT2D eigenvalue weighted by Crippen LogP contribution is -2.24. The molecule has 2 nitrogen and oxygen atoms in total. The molecule has 0 amide bonds. The van der Waals surface area contributed by atoms with E-state index in [9.17, 15) is 0 Å². The molecule has 1 heterocycles. The van der Waals surface area contributed by atoms with E-state index in [2.05, 4.69) is 38.8 Å². The smallest absolute Gasteiger partial charge is 0.0703 e. The molecular formula is C11H13BrN2S. The van der Waals surface area contributed by atoms with Crippen LogP contribution < -0.4 is 5.32 Å². The molecule has 0 radical (unpaired) electrons. The summed E-state index contributed by atoms with van der Waals surface area (Å²) >= 11 is 5.22. The summed E-state index contributed by atoms with van der Waals surface area (Å²) in [6, 6.07) is 4.54. The van der Waals surface area contributed by atoms with Gasteiger partial charge in [-0.1, -0.05) is 0 Å². The first-order valence-corrected chi connectivity index (χ1v) is 6.76. The molecule has 1 fully saturated rings. The number of hydrogen-bond acceptors (Lipinski definition) is 3. The Morgan fingerprint density at radius 1 is 1.60 bits per heavy atom. The molecule has 0 spiro atoms. The number of hydrogen-bond donors (Lipinski definition) is 1. The summed E-state index contributed by atoms with van der Waals surface area (Å²) in [6.07, 6.45) is 3.19. The van der Waals surface area contributed by atoms with E-state index in [4.69, 9.17) is 5.26 Å². The molecule has 0 aliphatic heterocycles. The summed E-state index contributed by atoms with van der Waals surface area (Å²) < 4.78 is 1.16. The maximum absolute atomic E-state index is 8.88. The zero-order chi connectivity index (χ0) is 10.7. The molecule has 1 saturated carbocycles. The Bertz CT molecular complexity index is 376. The third kappa shape index (κ3) is 3.04. The Morgan fingerprint density at radius 2 is 2.40 bits per heavy atom. The van der Waals surface area contributed by atoms with Crippen molar-refractivity contribution in [3.63, 3.8) is 0 Å². The van der Waals surface area contributed by atoms with E-state index in [-0.39, 0.29) is 5.41 Å². The largest absolute Gasteiger partial charge is 0.315 e. The Labute approximate surface area is 102 Å². The summed E-state index contributed by atoms with van der Waals surface area (Å²) in [5, 5.41) is 14.4. The molecule has 1 aromatic rings. The highest BCUT2D eigenvalue weighted by atomic mass is 79.9. The molecule has 0 atom stereocenters. The molecule has 1 aliphatic carbocycles.